The summed E-state index contributed by atoms with van der Waals surface area (Å²) in [5.41, 5.74) is 5.28. The summed E-state index contributed by atoms with van der Waals surface area (Å²) in [4.78, 5) is 38.7. The summed E-state index contributed by atoms with van der Waals surface area (Å²) < 4.78 is 36.9. The van der Waals surface area contributed by atoms with Crippen molar-refractivity contribution in [1.82, 2.24) is 14.5 Å². The highest BCUT2D eigenvalue weighted by Gasteiger charge is 2.47. The zero-order valence-electron chi connectivity index (χ0n) is 16.5. The van der Waals surface area contributed by atoms with Crippen molar-refractivity contribution >= 4 is 36.5 Å². The molecular weight excluding hydrogens is 488 g/mol. The molecule has 33 heavy (non-hydrogen) atoms. The minimum Gasteiger partial charge on any atom is -0.756 e. The molecule has 3 aromatic rings. The molecule has 13 nitrogen and oxygen atoms in total. The molecule has 1 fully saturated rings. The number of nitrogens with zero attached hydrogens (tertiary/aromatic N) is 3. The van der Waals surface area contributed by atoms with E-state index in [0.29, 0.717) is 5.56 Å². The average molecular weight is 506 g/mol. The van der Waals surface area contributed by atoms with Crippen LogP contribution in [0.3, 0.4) is 0 Å². The van der Waals surface area contributed by atoms with Crippen LogP contribution >= 0.6 is 19.4 Å². The van der Waals surface area contributed by atoms with Crippen molar-refractivity contribution in [3.05, 3.63) is 51.3 Å². The van der Waals surface area contributed by atoms with Gasteiger partial charge in [0.15, 0.2) is 6.33 Å². The number of halogens is 2. The third-order valence-corrected chi connectivity index (χ3v) is 5.90. The molecule has 0 spiro atoms. The molecule has 4 rings (SSSR count). The molecule has 2 aromatic heterocycles. The number of phosphoric ester groups is 1. The number of hydrogen-bond donors (Lipinski definition) is 5. The van der Waals surface area contributed by atoms with Gasteiger partial charge in [0.1, 0.15) is 24.1 Å². The fraction of sp³-hybridized carbons (Fsp3) is 0.353. The number of aromatic amines is 1. The molecule has 1 aliphatic heterocycles. The summed E-state index contributed by atoms with van der Waals surface area (Å²) >= 11 is 6.14. The van der Waals surface area contributed by atoms with Crippen molar-refractivity contribution in [3.8, 4) is 0 Å². The zero-order chi connectivity index (χ0) is 24.1. The van der Waals surface area contributed by atoms with Gasteiger partial charge in [0.25, 0.3) is 19.3 Å². The number of hydrogen-bond acceptors (Lipinski definition) is 9. The number of aliphatic hydroxyl groups is 2. The largest absolute Gasteiger partial charge is 0.756 e. The standard InChI is InChI=1S/C17H18ClFN5O8P/c18-9-2-1-8(19)3-7(9)4-23-6-24(14-11(23)15(27)22-17(20)21-14)16-13(26)12(25)10(32-16)5-31-33(28,29)30/h1-3,6,10,12-13,16,25-26H,4-5H2,(H4-,20,21,22,27,28,29,30)/t10-,12-,13-,16-/m1/s1. The number of rotatable bonds is 6. The van der Waals surface area contributed by atoms with Gasteiger partial charge in [-0.15, -0.1) is 0 Å². The fourth-order valence-corrected chi connectivity index (χ4v) is 4.10. The maximum absolute atomic E-state index is 13.7. The van der Waals surface area contributed by atoms with Crippen LogP contribution in [0.5, 0.6) is 0 Å². The van der Waals surface area contributed by atoms with E-state index in [0.717, 1.165) is 0 Å². The van der Waals surface area contributed by atoms with Gasteiger partial charge in [-0.3, -0.25) is 18.9 Å². The van der Waals surface area contributed by atoms with Gasteiger partial charge in [-0.05, 0) is 18.2 Å². The lowest BCUT2D eigenvalue weighted by Crippen LogP contribution is -2.46. The molecule has 1 aromatic carbocycles. The molecule has 0 aliphatic carbocycles. The van der Waals surface area contributed by atoms with E-state index in [1.165, 1.54) is 33.7 Å². The smallest absolute Gasteiger partial charge is 0.313 e. The Kier molecular flexibility index (Phi) is 6.28. The Bertz CT molecular complexity index is 1310. The lowest BCUT2D eigenvalue weighted by Gasteiger charge is -2.19. The SMILES string of the molecule is Nc1nc2c(c(=O)[nH]1)n(Cc1cc(F)ccc1Cl)c[n+]2[C@@H]1O[C@H](COP(=O)([O-])O)[C@@H](O)[C@H]1O. The summed E-state index contributed by atoms with van der Waals surface area (Å²) in [5, 5.41) is 21.0. The number of phosphoric acid groups is 1. The molecular formula is C17H18ClFN5O8P. The second-order valence-electron chi connectivity index (χ2n) is 7.32. The van der Waals surface area contributed by atoms with E-state index in [-0.39, 0.29) is 28.7 Å². The summed E-state index contributed by atoms with van der Waals surface area (Å²) in [6.07, 6.45) is -4.58. The van der Waals surface area contributed by atoms with Crippen molar-refractivity contribution < 1.29 is 42.8 Å². The van der Waals surface area contributed by atoms with Crippen LogP contribution in [-0.4, -0.2) is 54.6 Å². The molecule has 0 radical (unpaired) electrons. The first kappa shape index (κ1) is 23.7. The van der Waals surface area contributed by atoms with Gasteiger partial charge < -0.3 is 35.0 Å². The highest BCUT2D eigenvalue weighted by Crippen LogP contribution is 2.34. The number of aliphatic hydroxyl groups excluding tert-OH is 2. The van der Waals surface area contributed by atoms with Crippen LogP contribution in [0.15, 0.2) is 29.3 Å². The van der Waals surface area contributed by atoms with E-state index >= 15 is 0 Å². The molecule has 1 aliphatic rings. The van der Waals surface area contributed by atoms with E-state index < -0.39 is 50.3 Å². The van der Waals surface area contributed by atoms with Gasteiger partial charge >= 0.3 is 5.65 Å². The van der Waals surface area contributed by atoms with Crippen molar-refractivity contribution in [2.24, 2.45) is 0 Å². The number of benzene rings is 1. The number of ether oxygens (including phenoxy) is 1. The van der Waals surface area contributed by atoms with Gasteiger partial charge in [-0.1, -0.05) is 16.6 Å². The number of nitrogen functional groups attached to an aromatic ring is 1. The Morgan fingerprint density at radius 3 is 2.85 bits per heavy atom. The minimum absolute atomic E-state index is 0.0195. The number of imidazole rings is 1. The van der Waals surface area contributed by atoms with Crippen LogP contribution in [0, 0.1) is 5.82 Å². The summed E-state index contributed by atoms with van der Waals surface area (Å²) in [6.45, 7) is -0.850. The van der Waals surface area contributed by atoms with Crippen LogP contribution in [0.2, 0.25) is 5.02 Å². The number of nitrogens with one attached hydrogen (secondary N) is 1. The summed E-state index contributed by atoms with van der Waals surface area (Å²) in [5.74, 6) is -0.793. The molecule has 3 heterocycles. The molecule has 5 atom stereocenters. The van der Waals surface area contributed by atoms with Crippen molar-refractivity contribution in [2.75, 3.05) is 12.3 Å². The van der Waals surface area contributed by atoms with Crippen LogP contribution < -0.4 is 20.8 Å². The Morgan fingerprint density at radius 1 is 1.42 bits per heavy atom. The van der Waals surface area contributed by atoms with Gasteiger partial charge in [0.05, 0.1) is 13.2 Å². The van der Waals surface area contributed by atoms with E-state index in [4.69, 9.17) is 27.0 Å². The molecule has 0 saturated carbocycles. The maximum Gasteiger partial charge on any atom is 0.313 e. The van der Waals surface area contributed by atoms with Crippen LogP contribution in [-0.2, 0) is 20.4 Å². The van der Waals surface area contributed by atoms with Crippen LogP contribution in [0.25, 0.3) is 11.2 Å². The molecule has 1 unspecified atom stereocenters. The molecule has 0 amide bonds. The van der Waals surface area contributed by atoms with Crippen molar-refractivity contribution in [3.63, 3.8) is 0 Å². The quantitative estimate of drug-likeness (QED) is 0.194. The van der Waals surface area contributed by atoms with Gasteiger partial charge in [0.2, 0.25) is 11.7 Å². The molecule has 6 N–H and O–H groups in total. The molecule has 1 saturated heterocycles. The van der Waals surface area contributed by atoms with E-state index in [1.807, 2.05) is 0 Å². The van der Waals surface area contributed by atoms with E-state index in [2.05, 4.69) is 14.5 Å². The summed E-state index contributed by atoms with van der Waals surface area (Å²) in [7, 11) is -5.10. The number of fused-ring (bicyclic) bond motifs is 1. The minimum atomic E-state index is -5.10. The molecule has 16 heteroatoms. The number of nitrogens with two attached hydrogens (primary N) is 1. The number of anilines is 1. The number of aromatic nitrogens is 4. The zero-order valence-corrected chi connectivity index (χ0v) is 18.2. The van der Waals surface area contributed by atoms with E-state index in [1.54, 1.807) is 0 Å². The Labute approximate surface area is 189 Å². The first-order chi connectivity index (χ1) is 15.4. The van der Waals surface area contributed by atoms with Crippen molar-refractivity contribution in [1.29, 1.82) is 0 Å². The second kappa shape index (κ2) is 8.74. The highest BCUT2D eigenvalue weighted by molar-refractivity contribution is 7.44. The Morgan fingerprint density at radius 2 is 2.15 bits per heavy atom. The first-order valence-corrected chi connectivity index (χ1v) is 11.3. The Hall–Kier alpha value is -2.42. The lowest BCUT2D eigenvalue weighted by atomic mass is 10.1. The van der Waals surface area contributed by atoms with Gasteiger partial charge in [0, 0.05) is 10.6 Å². The average Bonchev–Trinajstić information content (AvgIpc) is 3.20. The van der Waals surface area contributed by atoms with E-state index in [9.17, 15) is 28.9 Å². The maximum atomic E-state index is 13.7. The normalized spacial score (nSPS) is 24.9. The van der Waals surface area contributed by atoms with Crippen molar-refractivity contribution in [2.45, 2.75) is 31.1 Å². The van der Waals surface area contributed by atoms with Crippen LogP contribution in [0.1, 0.15) is 11.8 Å². The first-order valence-electron chi connectivity index (χ1n) is 9.38. The number of H-pyrrole nitrogens is 1. The summed E-state index contributed by atoms with van der Waals surface area (Å²) in [6, 6.07) is 3.72. The fourth-order valence-electron chi connectivity index (χ4n) is 3.59. The third kappa shape index (κ3) is 4.78. The Balaban J connectivity index is 1.76. The highest BCUT2D eigenvalue weighted by atomic mass is 35.5. The molecule has 178 valence electrons. The second-order valence-corrected chi connectivity index (χ2v) is 8.92. The lowest BCUT2D eigenvalue weighted by molar-refractivity contribution is -0.745. The molecule has 0 bridgehead atoms. The van der Waals surface area contributed by atoms with Crippen LogP contribution in [0.4, 0.5) is 10.3 Å². The predicted molar refractivity (Wildman–Crippen MR) is 107 cm³/mol. The van der Waals surface area contributed by atoms with Gasteiger partial charge in [-0.2, -0.15) is 0 Å². The topological polar surface area (TPSA) is 200 Å². The predicted octanol–water partition coefficient (Wildman–Crippen LogP) is -1.47. The van der Waals surface area contributed by atoms with Gasteiger partial charge in [-0.25, -0.2) is 8.96 Å². The monoisotopic (exact) mass is 505 g/mol. The third-order valence-electron chi connectivity index (χ3n) is 5.05.